The molecule has 19 heavy (non-hydrogen) atoms. The molecule has 1 unspecified atom stereocenters. The normalized spacial score (nSPS) is 20.5. The first kappa shape index (κ1) is 16.0. The molecule has 1 fully saturated rings. The summed E-state index contributed by atoms with van der Waals surface area (Å²) in [6.45, 7) is 2.88. The molecule has 0 saturated carbocycles. The molecule has 0 spiro atoms. The van der Waals surface area contributed by atoms with E-state index in [0.29, 0.717) is 25.7 Å². The molecule has 1 aliphatic rings. The summed E-state index contributed by atoms with van der Waals surface area (Å²) in [7, 11) is 1.57. The Morgan fingerprint density at radius 2 is 2.05 bits per heavy atom. The Bertz CT molecular complexity index is 301. The van der Waals surface area contributed by atoms with Crippen LogP contribution in [0.25, 0.3) is 0 Å². The summed E-state index contributed by atoms with van der Waals surface area (Å²) >= 11 is 0. The van der Waals surface area contributed by atoms with Crippen molar-refractivity contribution in [2.24, 2.45) is 16.8 Å². The average molecular weight is 282 g/mol. The lowest BCUT2D eigenvalue weighted by Gasteiger charge is -2.34. The summed E-state index contributed by atoms with van der Waals surface area (Å²) < 4.78 is 42.6. The number of nitrogens with one attached hydrogen (secondary N) is 1. The van der Waals surface area contributed by atoms with E-state index < -0.39 is 12.1 Å². The van der Waals surface area contributed by atoms with E-state index in [2.05, 4.69) is 10.4 Å². The van der Waals surface area contributed by atoms with Crippen LogP contribution in [0.4, 0.5) is 13.2 Å². The number of methoxy groups -OCH3 is 1. The zero-order valence-corrected chi connectivity index (χ0v) is 11.2. The molecule has 1 heterocycles. The number of hydrazine groups is 1. The molecule has 0 amide bonds. The first-order valence-electron chi connectivity index (χ1n) is 6.23. The average Bonchev–Trinajstić information content (AvgIpc) is 2.35. The van der Waals surface area contributed by atoms with Gasteiger partial charge in [-0.3, -0.25) is 5.43 Å². The van der Waals surface area contributed by atoms with Gasteiger partial charge in [0.15, 0.2) is 0 Å². The number of nitrogens with zero attached hydrogens (tertiary/aromatic N) is 2. The largest absolute Gasteiger partial charge is 0.391 e. The summed E-state index contributed by atoms with van der Waals surface area (Å²) in [6.07, 6.45) is -3.96. The van der Waals surface area contributed by atoms with E-state index in [4.69, 9.17) is 10.6 Å². The Hall–Kier alpha value is -1.02. The molecule has 1 saturated heterocycles. The van der Waals surface area contributed by atoms with Gasteiger partial charge < -0.3 is 9.64 Å². The number of hydrogen-bond acceptors (Lipinski definition) is 3. The van der Waals surface area contributed by atoms with Crippen LogP contribution in [0.1, 0.15) is 19.8 Å². The molecule has 0 aromatic heterocycles. The Morgan fingerprint density at radius 1 is 1.47 bits per heavy atom. The maximum atomic E-state index is 12.6. The highest BCUT2D eigenvalue weighted by atomic mass is 19.4. The van der Waals surface area contributed by atoms with E-state index in [1.807, 2.05) is 6.92 Å². The molecule has 0 aliphatic carbocycles. The molecule has 0 radical (unpaired) electrons. The number of likely N-dealkylation sites (tertiary alicyclic amines) is 1. The minimum Gasteiger partial charge on any atom is -0.382 e. The SMILES string of the molecule is COCC(C)N=C(NN)N1CCC(C(F)(F)F)CC1. The Labute approximate surface area is 111 Å². The van der Waals surface area contributed by atoms with Gasteiger partial charge >= 0.3 is 6.18 Å². The lowest BCUT2D eigenvalue weighted by Crippen LogP contribution is -2.50. The van der Waals surface area contributed by atoms with Gasteiger partial charge in [0.1, 0.15) is 0 Å². The van der Waals surface area contributed by atoms with Crippen LogP contribution in [0.15, 0.2) is 4.99 Å². The van der Waals surface area contributed by atoms with Crippen LogP contribution in [0.5, 0.6) is 0 Å². The van der Waals surface area contributed by atoms with E-state index in [9.17, 15) is 13.2 Å². The zero-order chi connectivity index (χ0) is 14.5. The van der Waals surface area contributed by atoms with Crippen molar-refractivity contribution in [2.45, 2.75) is 32.0 Å². The molecule has 8 heteroatoms. The van der Waals surface area contributed by atoms with E-state index in [0.717, 1.165) is 0 Å². The monoisotopic (exact) mass is 282 g/mol. The van der Waals surface area contributed by atoms with Gasteiger partial charge in [0.05, 0.1) is 18.6 Å². The predicted molar refractivity (Wildman–Crippen MR) is 66.4 cm³/mol. The number of halogens is 3. The van der Waals surface area contributed by atoms with Crippen molar-refractivity contribution < 1.29 is 17.9 Å². The number of alkyl halides is 3. The smallest absolute Gasteiger partial charge is 0.382 e. The van der Waals surface area contributed by atoms with Crippen molar-refractivity contribution in [3.8, 4) is 0 Å². The molecule has 5 nitrogen and oxygen atoms in total. The van der Waals surface area contributed by atoms with Crippen molar-refractivity contribution in [2.75, 3.05) is 26.8 Å². The van der Waals surface area contributed by atoms with Gasteiger partial charge in [-0.1, -0.05) is 0 Å². The van der Waals surface area contributed by atoms with Crippen LogP contribution in [-0.4, -0.2) is 49.9 Å². The van der Waals surface area contributed by atoms with E-state index in [-0.39, 0.29) is 18.9 Å². The second-order valence-electron chi connectivity index (χ2n) is 4.70. The summed E-state index contributed by atoms with van der Waals surface area (Å²) in [5.74, 6) is 4.58. The minimum atomic E-state index is -4.11. The maximum Gasteiger partial charge on any atom is 0.391 e. The van der Waals surface area contributed by atoms with Crippen molar-refractivity contribution in [3.05, 3.63) is 0 Å². The lowest BCUT2D eigenvalue weighted by atomic mass is 9.96. The predicted octanol–water partition coefficient (Wildman–Crippen LogP) is 1.11. The standard InChI is InChI=1S/C11H21F3N4O/c1-8(7-19-2)16-10(17-15)18-5-3-9(4-6-18)11(12,13)14/h8-9H,3-7,15H2,1-2H3,(H,16,17). The molecular weight excluding hydrogens is 261 g/mol. The fraction of sp³-hybridized carbons (Fsp3) is 0.909. The quantitative estimate of drug-likeness (QED) is 0.352. The Balaban J connectivity index is 2.57. The lowest BCUT2D eigenvalue weighted by molar-refractivity contribution is -0.183. The minimum absolute atomic E-state index is 0.0723. The molecule has 1 atom stereocenters. The molecule has 112 valence electrons. The van der Waals surface area contributed by atoms with Crippen molar-refractivity contribution in [1.29, 1.82) is 0 Å². The molecule has 1 rings (SSSR count). The summed E-state index contributed by atoms with van der Waals surface area (Å²) in [5, 5.41) is 0. The number of nitrogens with two attached hydrogens (primary N) is 1. The van der Waals surface area contributed by atoms with Crippen LogP contribution in [-0.2, 0) is 4.74 Å². The molecule has 0 aromatic rings. The first-order chi connectivity index (χ1) is 8.88. The number of ether oxygens (including phenoxy) is 1. The fourth-order valence-electron chi connectivity index (χ4n) is 2.12. The molecular formula is C11H21F3N4O. The molecule has 3 N–H and O–H groups in total. The number of rotatable bonds is 3. The third kappa shape index (κ3) is 4.87. The number of piperidine rings is 1. The summed E-state index contributed by atoms with van der Waals surface area (Å²) in [5.41, 5.74) is 2.45. The number of aliphatic imine (C=N–C) groups is 1. The van der Waals surface area contributed by atoms with Crippen molar-refractivity contribution >= 4 is 5.96 Å². The third-order valence-electron chi connectivity index (χ3n) is 3.14. The summed E-state index contributed by atoms with van der Waals surface area (Å²) in [4.78, 5) is 6.04. The first-order valence-corrected chi connectivity index (χ1v) is 6.23. The second-order valence-corrected chi connectivity index (χ2v) is 4.70. The Kier molecular flexibility index (Phi) is 5.86. The molecule has 0 aromatic carbocycles. The van der Waals surface area contributed by atoms with Crippen LogP contribution in [0.2, 0.25) is 0 Å². The number of guanidine groups is 1. The van der Waals surface area contributed by atoms with Crippen molar-refractivity contribution in [3.63, 3.8) is 0 Å². The van der Waals surface area contributed by atoms with Crippen LogP contribution < -0.4 is 11.3 Å². The van der Waals surface area contributed by atoms with Gasteiger partial charge in [-0.25, -0.2) is 10.8 Å². The second kappa shape index (κ2) is 6.95. The zero-order valence-electron chi connectivity index (χ0n) is 11.2. The van der Waals surface area contributed by atoms with Gasteiger partial charge in [0.2, 0.25) is 5.96 Å². The summed E-state index contributed by atoms with van der Waals surface area (Å²) in [6, 6.07) is -0.101. The fourth-order valence-corrected chi connectivity index (χ4v) is 2.12. The van der Waals surface area contributed by atoms with E-state index in [1.54, 1.807) is 12.0 Å². The van der Waals surface area contributed by atoms with Crippen LogP contribution in [0, 0.1) is 5.92 Å². The van der Waals surface area contributed by atoms with Gasteiger partial charge in [-0.2, -0.15) is 13.2 Å². The van der Waals surface area contributed by atoms with E-state index >= 15 is 0 Å². The highest BCUT2D eigenvalue weighted by Gasteiger charge is 2.41. The highest BCUT2D eigenvalue weighted by Crippen LogP contribution is 2.33. The van der Waals surface area contributed by atoms with Gasteiger partial charge in [0, 0.05) is 20.2 Å². The highest BCUT2D eigenvalue weighted by molar-refractivity contribution is 5.79. The van der Waals surface area contributed by atoms with Gasteiger partial charge in [-0.15, -0.1) is 0 Å². The molecule has 1 aliphatic heterocycles. The van der Waals surface area contributed by atoms with Gasteiger partial charge in [-0.05, 0) is 19.8 Å². The van der Waals surface area contributed by atoms with Gasteiger partial charge in [0.25, 0.3) is 0 Å². The third-order valence-corrected chi connectivity index (χ3v) is 3.14. The van der Waals surface area contributed by atoms with E-state index in [1.165, 1.54) is 0 Å². The van der Waals surface area contributed by atoms with Crippen LogP contribution in [0.3, 0.4) is 0 Å². The Morgan fingerprint density at radius 3 is 2.47 bits per heavy atom. The molecule has 0 bridgehead atoms. The van der Waals surface area contributed by atoms with Crippen LogP contribution >= 0.6 is 0 Å². The van der Waals surface area contributed by atoms with Crippen molar-refractivity contribution in [1.82, 2.24) is 10.3 Å². The number of hydrogen-bond donors (Lipinski definition) is 2. The topological polar surface area (TPSA) is 62.9 Å². The maximum absolute atomic E-state index is 12.6.